The molecule has 1 saturated heterocycles. The number of hydrogen-bond acceptors (Lipinski definition) is 4. The Kier molecular flexibility index (Phi) is 8.88. The lowest BCUT2D eigenvalue weighted by molar-refractivity contribution is -0.131. The number of fused-ring (bicyclic) bond motifs is 1. The Labute approximate surface area is 185 Å². The molecule has 7 heteroatoms. The van der Waals surface area contributed by atoms with Gasteiger partial charge in [-0.3, -0.25) is 9.59 Å². The molecule has 1 aromatic heterocycles. The van der Waals surface area contributed by atoms with E-state index in [0.717, 1.165) is 74.8 Å². The summed E-state index contributed by atoms with van der Waals surface area (Å²) in [5.74, 6) is 1.10. The van der Waals surface area contributed by atoms with Gasteiger partial charge in [-0.2, -0.15) is 0 Å². The van der Waals surface area contributed by atoms with Crippen molar-refractivity contribution in [3.8, 4) is 0 Å². The van der Waals surface area contributed by atoms with Crippen molar-refractivity contribution in [1.29, 1.82) is 0 Å². The van der Waals surface area contributed by atoms with E-state index in [1.165, 1.54) is 0 Å². The van der Waals surface area contributed by atoms with Gasteiger partial charge in [-0.25, -0.2) is 4.98 Å². The van der Waals surface area contributed by atoms with Crippen LogP contribution in [0, 0.1) is 0 Å². The van der Waals surface area contributed by atoms with Gasteiger partial charge in [0.25, 0.3) is 0 Å². The first kappa shape index (κ1) is 23.3. The number of rotatable bonds is 12. The summed E-state index contributed by atoms with van der Waals surface area (Å²) in [4.78, 5) is 31.3. The SMILES string of the molecule is CCCCN(C)C(=O)Cn1c(CCCCCNC(=O)C2CCCO2)nc2ccccc21. The number of imidazole rings is 1. The van der Waals surface area contributed by atoms with Crippen molar-refractivity contribution in [3.05, 3.63) is 30.1 Å². The zero-order valence-electron chi connectivity index (χ0n) is 18.9. The summed E-state index contributed by atoms with van der Waals surface area (Å²) in [6.45, 7) is 4.61. The number of benzene rings is 1. The van der Waals surface area contributed by atoms with Crippen LogP contribution in [0.1, 0.15) is 57.7 Å². The summed E-state index contributed by atoms with van der Waals surface area (Å²) >= 11 is 0. The number of likely N-dealkylation sites (N-methyl/N-ethyl adjacent to an activating group) is 1. The monoisotopic (exact) mass is 428 g/mol. The molecule has 1 aromatic carbocycles. The van der Waals surface area contributed by atoms with Crippen LogP contribution in [0.25, 0.3) is 11.0 Å². The fourth-order valence-corrected chi connectivity index (χ4v) is 3.96. The molecule has 0 bridgehead atoms. The van der Waals surface area contributed by atoms with Gasteiger partial charge in [0.15, 0.2) is 0 Å². The average Bonchev–Trinajstić information content (AvgIpc) is 3.43. The zero-order chi connectivity index (χ0) is 22.1. The van der Waals surface area contributed by atoms with E-state index in [4.69, 9.17) is 9.72 Å². The van der Waals surface area contributed by atoms with Crippen molar-refractivity contribution in [2.45, 2.75) is 70.9 Å². The molecule has 1 aliphatic heterocycles. The number of aryl methyl sites for hydroxylation is 1. The molecular weight excluding hydrogens is 392 g/mol. The zero-order valence-corrected chi connectivity index (χ0v) is 18.9. The number of ether oxygens (including phenoxy) is 1. The van der Waals surface area contributed by atoms with Crippen molar-refractivity contribution in [3.63, 3.8) is 0 Å². The Hall–Kier alpha value is -2.41. The van der Waals surface area contributed by atoms with Gasteiger partial charge in [-0.05, 0) is 44.2 Å². The van der Waals surface area contributed by atoms with Crippen LogP contribution >= 0.6 is 0 Å². The standard InChI is InChI=1S/C24H36N4O3/c1-3-4-16-27(2)23(29)18-28-20-12-8-7-11-19(20)26-22(28)14-6-5-9-15-25-24(30)21-13-10-17-31-21/h7-8,11-12,21H,3-6,9-10,13-18H2,1-2H3,(H,25,30). The van der Waals surface area contributed by atoms with Gasteiger partial charge in [0.05, 0.1) is 11.0 Å². The van der Waals surface area contributed by atoms with Crippen LogP contribution in [0.15, 0.2) is 24.3 Å². The van der Waals surface area contributed by atoms with Gasteiger partial charge in [-0.1, -0.05) is 31.9 Å². The molecule has 2 heterocycles. The van der Waals surface area contributed by atoms with Gasteiger partial charge >= 0.3 is 0 Å². The van der Waals surface area contributed by atoms with Crippen LogP contribution in [-0.4, -0.2) is 59.1 Å². The maximum Gasteiger partial charge on any atom is 0.249 e. The Morgan fingerprint density at radius 2 is 2.06 bits per heavy atom. The van der Waals surface area contributed by atoms with Crippen LogP contribution < -0.4 is 5.32 Å². The first-order chi connectivity index (χ1) is 15.1. The first-order valence-corrected chi connectivity index (χ1v) is 11.7. The summed E-state index contributed by atoms with van der Waals surface area (Å²) in [6.07, 6.45) is 7.35. The van der Waals surface area contributed by atoms with Gasteiger partial charge < -0.3 is 19.5 Å². The van der Waals surface area contributed by atoms with Crippen molar-refractivity contribution in [2.24, 2.45) is 0 Å². The lowest BCUT2D eigenvalue weighted by Crippen LogP contribution is -2.34. The highest BCUT2D eigenvalue weighted by atomic mass is 16.5. The van der Waals surface area contributed by atoms with Gasteiger partial charge in [0.1, 0.15) is 18.5 Å². The number of nitrogens with zero attached hydrogens (tertiary/aromatic N) is 3. The van der Waals surface area contributed by atoms with E-state index in [1.807, 2.05) is 36.2 Å². The molecule has 1 unspecified atom stereocenters. The summed E-state index contributed by atoms with van der Waals surface area (Å²) < 4.78 is 7.48. The lowest BCUT2D eigenvalue weighted by atomic mass is 10.1. The minimum atomic E-state index is -0.257. The summed E-state index contributed by atoms with van der Waals surface area (Å²) in [5.41, 5.74) is 1.95. The van der Waals surface area contributed by atoms with Gasteiger partial charge in [-0.15, -0.1) is 0 Å². The highest BCUT2D eigenvalue weighted by Crippen LogP contribution is 2.18. The summed E-state index contributed by atoms with van der Waals surface area (Å²) in [5, 5.41) is 2.98. The summed E-state index contributed by atoms with van der Waals surface area (Å²) in [6, 6.07) is 8.01. The maximum absolute atomic E-state index is 12.7. The predicted molar refractivity (Wildman–Crippen MR) is 122 cm³/mol. The molecule has 0 spiro atoms. The summed E-state index contributed by atoms with van der Waals surface area (Å²) in [7, 11) is 1.88. The molecule has 31 heavy (non-hydrogen) atoms. The van der Waals surface area contributed by atoms with E-state index in [9.17, 15) is 9.59 Å². The normalized spacial score (nSPS) is 16.0. The highest BCUT2D eigenvalue weighted by molar-refractivity contribution is 5.81. The molecule has 1 aliphatic rings. The lowest BCUT2D eigenvalue weighted by Gasteiger charge is -2.18. The Bertz CT molecular complexity index is 858. The minimum Gasteiger partial charge on any atom is -0.368 e. The third-order valence-corrected chi connectivity index (χ3v) is 5.90. The fourth-order valence-electron chi connectivity index (χ4n) is 3.96. The molecule has 2 amide bonds. The molecule has 0 radical (unpaired) electrons. The van der Waals surface area contributed by atoms with Gasteiger partial charge in [0, 0.05) is 33.2 Å². The number of hydrogen-bond donors (Lipinski definition) is 1. The molecule has 1 atom stereocenters. The van der Waals surface area contributed by atoms with Crippen LogP contribution in [-0.2, 0) is 27.3 Å². The second-order valence-electron chi connectivity index (χ2n) is 8.38. The maximum atomic E-state index is 12.7. The van der Waals surface area contributed by atoms with E-state index >= 15 is 0 Å². The smallest absolute Gasteiger partial charge is 0.249 e. The molecule has 3 rings (SSSR count). The Morgan fingerprint density at radius 3 is 2.84 bits per heavy atom. The fraction of sp³-hybridized carbons (Fsp3) is 0.625. The van der Waals surface area contributed by atoms with Crippen molar-refractivity contribution >= 4 is 22.8 Å². The van der Waals surface area contributed by atoms with Crippen LogP contribution in [0.2, 0.25) is 0 Å². The molecule has 1 fully saturated rings. The largest absolute Gasteiger partial charge is 0.368 e. The third-order valence-electron chi connectivity index (χ3n) is 5.90. The number of carbonyl (C=O) groups is 2. The molecule has 7 nitrogen and oxygen atoms in total. The highest BCUT2D eigenvalue weighted by Gasteiger charge is 2.22. The number of nitrogens with one attached hydrogen (secondary N) is 1. The van der Waals surface area contributed by atoms with Crippen molar-refractivity contribution < 1.29 is 14.3 Å². The number of para-hydroxylation sites is 2. The molecule has 0 saturated carbocycles. The number of carbonyl (C=O) groups excluding carboxylic acids is 2. The van der Waals surface area contributed by atoms with Crippen LogP contribution in [0.4, 0.5) is 0 Å². The molecule has 2 aromatic rings. The number of amides is 2. The van der Waals surface area contributed by atoms with Crippen molar-refractivity contribution in [2.75, 3.05) is 26.7 Å². The Balaban J connectivity index is 1.50. The molecule has 170 valence electrons. The minimum absolute atomic E-state index is 0.0185. The molecular formula is C24H36N4O3. The number of aromatic nitrogens is 2. The third kappa shape index (κ3) is 6.53. The van der Waals surface area contributed by atoms with E-state index in [2.05, 4.69) is 16.8 Å². The molecule has 1 N–H and O–H groups in total. The van der Waals surface area contributed by atoms with E-state index in [-0.39, 0.29) is 17.9 Å². The van der Waals surface area contributed by atoms with E-state index in [0.29, 0.717) is 19.7 Å². The van der Waals surface area contributed by atoms with Crippen molar-refractivity contribution in [1.82, 2.24) is 19.8 Å². The second kappa shape index (κ2) is 11.8. The second-order valence-corrected chi connectivity index (χ2v) is 8.38. The van der Waals surface area contributed by atoms with E-state index < -0.39 is 0 Å². The first-order valence-electron chi connectivity index (χ1n) is 11.7. The number of unbranched alkanes of at least 4 members (excludes halogenated alkanes) is 3. The quantitative estimate of drug-likeness (QED) is 0.526. The van der Waals surface area contributed by atoms with E-state index in [1.54, 1.807) is 0 Å². The topological polar surface area (TPSA) is 76.5 Å². The van der Waals surface area contributed by atoms with Gasteiger partial charge in [0.2, 0.25) is 11.8 Å². The van der Waals surface area contributed by atoms with Crippen LogP contribution in [0.3, 0.4) is 0 Å². The predicted octanol–water partition coefficient (Wildman–Crippen LogP) is 3.30. The molecule has 0 aliphatic carbocycles. The van der Waals surface area contributed by atoms with Crippen LogP contribution in [0.5, 0.6) is 0 Å². The average molecular weight is 429 g/mol. The Morgan fingerprint density at radius 1 is 1.23 bits per heavy atom.